The van der Waals surface area contributed by atoms with Gasteiger partial charge in [-0.2, -0.15) is 0 Å². The highest BCUT2D eigenvalue weighted by Crippen LogP contribution is 2.38. The normalized spacial score (nSPS) is 13.2. The van der Waals surface area contributed by atoms with E-state index in [4.69, 9.17) is 18.5 Å². The van der Waals surface area contributed by atoms with Gasteiger partial charge in [-0.15, -0.1) is 0 Å². The number of carbonyl (C=O) groups excluding carboxylic acids is 2. The molecule has 464 valence electrons. The highest BCUT2D eigenvalue weighted by Gasteiger charge is 2.22. The van der Waals surface area contributed by atoms with Gasteiger partial charge < -0.3 is 27.9 Å². The first-order valence-corrected chi connectivity index (χ1v) is 35.9. The average molecular weight is 1120 g/mol. The summed E-state index contributed by atoms with van der Waals surface area (Å²) in [6.45, 7) is 4.27. The van der Waals surface area contributed by atoms with Crippen LogP contribution in [0.15, 0.2) is 12.2 Å². The van der Waals surface area contributed by atoms with E-state index in [-0.39, 0.29) is 32.0 Å². The van der Waals surface area contributed by atoms with Gasteiger partial charge in [0.1, 0.15) is 19.8 Å². The van der Waals surface area contributed by atoms with Crippen molar-refractivity contribution in [3.63, 3.8) is 0 Å². The van der Waals surface area contributed by atoms with Crippen molar-refractivity contribution >= 4 is 19.8 Å². The molecule has 0 aliphatic rings. The van der Waals surface area contributed by atoms with E-state index in [0.29, 0.717) is 17.4 Å². The number of nitrogens with zero attached hydrogens (tertiary/aromatic N) is 1. The van der Waals surface area contributed by atoms with Gasteiger partial charge in [-0.05, 0) is 38.5 Å². The Balaban J connectivity index is 3.76. The van der Waals surface area contributed by atoms with Crippen LogP contribution >= 0.6 is 7.82 Å². The molecule has 0 spiro atoms. The maximum Gasteiger partial charge on any atom is 0.306 e. The first-order valence-electron chi connectivity index (χ1n) is 34.4. The predicted octanol–water partition coefficient (Wildman–Crippen LogP) is 21.3. The van der Waals surface area contributed by atoms with Crippen LogP contribution in [0, 0.1) is 0 Å². The molecule has 0 aliphatic carbocycles. The number of hydrogen-bond acceptors (Lipinski definition) is 8. The molecule has 78 heavy (non-hydrogen) atoms. The van der Waals surface area contributed by atoms with Crippen LogP contribution in [0.1, 0.15) is 361 Å². The topological polar surface area (TPSA) is 111 Å². The minimum atomic E-state index is -4.63. The van der Waals surface area contributed by atoms with Gasteiger partial charge in [0.25, 0.3) is 7.82 Å². The van der Waals surface area contributed by atoms with Crippen LogP contribution in [-0.4, -0.2) is 70.0 Å². The third-order valence-electron chi connectivity index (χ3n) is 15.8. The monoisotopic (exact) mass is 1120 g/mol. The Morgan fingerprint density at radius 1 is 0.385 bits per heavy atom. The van der Waals surface area contributed by atoms with Crippen LogP contribution < -0.4 is 4.89 Å². The quantitative estimate of drug-likeness (QED) is 0.0195. The van der Waals surface area contributed by atoms with E-state index in [2.05, 4.69) is 26.0 Å². The number of likely N-dealkylation sites (N-methyl/N-ethyl adjacent to an activating group) is 1. The van der Waals surface area contributed by atoms with E-state index in [0.717, 1.165) is 51.4 Å². The number of rotatable bonds is 65. The second-order valence-corrected chi connectivity index (χ2v) is 26.3. The third kappa shape index (κ3) is 63.9. The zero-order chi connectivity index (χ0) is 57.0. The highest BCUT2D eigenvalue weighted by atomic mass is 31.2. The molecule has 0 aliphatic heterocycles. The van der Waals surface area contributed by atoms with Crippen molar-refractivity contribution in [3.05, 3.63) is 12.2 Å². The van der Waals surface area contributed by atoms with E-state index in [1.165, 1.54) is 276 Å². The van der Waals surface area contributed by atoms with Gasteiger partial charge in [0.05, 0.1) is 27.7 Å². The molecule has 0 N–H and O–H groups in total. The van der Waals surface area contributed by atoms with Crippen LogP contribution in [0.2, 0.25) is 0 Å². The third-order valence-corrected chi connectivity index (χ3v) is 16.7. The molecule has 0 saturated heterocycles. The fraction of sp³-hybridized carbons (Fsp3) is 0.941. The zero-order valence-corrected chi connectivity index (χ0v) is 53.8. The number of unbranched alkanes of at least 4 members (excludes halogenated alkanes) is 49. The summed E-state index contributed by atoms with van der Waals surface area (Å²) < 4.78 is 34.1. The number of carbonyl (C=O) groups is 2. The molecule has 0 aromatic carbocycles. The lowest BCUT2D eigenvalue weighted by Gasteiger charge is -2.28. The van der Waals surface area contributed by atoms with E-state index >= 15 is 0 Å². The molecule has 0 aromatic heterocycles. The van der Waals surface area contributed by atoms with E-state index in [9.17, 15) is 19.0 Å². The summed E-state index contributed by atoms with van der Waals surface area (Å²) >= 11 is 0. The molecule has 0 fully saturated rings. The Labute approximate surface area is 486 Å². The lowest BCUT2D eigenvalue weighted by molar-refractivity contribution is -0.870. The molecular weight excluding hydrogens is 990 g/mol. The van der Waals surface area contributed by atoms with Crippen molar-refractivity contribution in [1.82, 2.24) is 0 Å². The molecule has 0 aromatic rings. The number of phosphoric ester groups is 1. The first kappa shape index (κ1) is 76.8. The van der Waals surface area contributed by atoms with E-state index < -0.39 is 26.5 Å². The largest absolute Gasteiger partial charge is 0.756 e. The summed E-state index contributed by atoms with van der Waals surface area (Å²) in [7, 11) is 1.18. The van der Waals surface area contributed by atoms with E-state index in [1.807, 2.05) is 21.1 Å². The fourth-order valence-corrected chi connectivity index (χ4v) is 11.2. The summed E-state index contributed by atoms with van der Waals surface area (Å²) in [5.74, 6) is -0.826. The van der Waals surface area contributed by atoms with Crippen molar-refractivity contribution in [1.29, 1.82) is 0 Å². The second-order valence-electron chi connectivity index (χ2n) is 24.9. The maximum absolute atomic E-state index is 12.7. The van der Waals surface area contributed by atoms with Gasteiger partial charge in [-0.3, -0.25) is 14.2 Å². The Hall–Kier alpha value is -1.25. The average Bonchev–Trinajstić information content (AvgIpc) is 3.40. The zero-order valence-electron chi connectivity index (χ0n) is 52.9. The Bertz CT molecular complexity index is 1320. The standard InChI is InChI=1S/C68H134NO8P/c1-6-8-10-12-14-16-18-20-21-22-23-24-25-26-27-28-29-30-31-32-33-34-35-36-37-38-39-40-41-42-43-44-45-46-47-49-50-52-54-56-58-60-67(70)74-64-66(65-76-78(72,73)75-63-62-69(3,4)5)77-68(71)61-59-57-55-53-51-48-19-17-15-13-11-9-7-2/h17,19,66H,6-16,18,20-65H2,1-5H3/b19-17-. The number of ether oxygens (including phenoxy) is 2. The first-order chi connectivity index (χ1) is 38.0. The van der Waals surface area contributed by atoms with Crippen LogP contribution in [0.4, 0.5) is 0 Å². The Morgan fingerprint density at radius 3 is 0.962 bits per heavy atom. The molecule has 0 rings (SSSR count). The molecular formula is C68H134NO8P. The van der Waals surface area contributed by atoms with E-state index in [1.54, 1.807) is 0 Å². The molecule has 0 amide bonds. The summed E-state index contributed by atoms with van der Waals surface area (Å²) in [4.78, 5) is 37.8. The van der Waals surface area contributed by atoms with Crippen molar-refractivity contribution in [3.8, 4) is 0 Å². The van der Waals surface area contributed by atoms with Gasteiger partial charge in [-0.25, -0.2) is 0 Å². The molecule has 0 bridgehead atoms. The van der Waals surface area contributed by atoms with Crippen molar-refractivity contribution in [2.75, 3.05) is 47.5 Å². The van der Waals surface area contributed by atoms with Gasteiger partial charge in [0.15, 0.2) is 6.10 Å². The molecule has 10 heteroatoms. The summed E-state index contributed by atoms with van der Waals surface area (Å²) in [5, 5.41) is 0. The van der Waals surface area contributed by atoms with Crippen molar-refractivity contribution in [2.45, 2.75) is 367 Å². The van der Waals surface area contributed by atoms with Gasteiger partial charge >= 0.3 is 11.9 Å². The summed E-state index contributed by atoms with van der Waals surface area (Å²) in [6.07, 6.45) is 73.4. The van der Waals surface area contributed by atoms with Crippen LogP contribution in [-0.2, 0) is 32.7 Å². The maximum atomic E-state index is 12.7. The van der Waals surface area contributed by atoms with Crippen LogP contribution in [0.25, 0.3) is 0 Å². The van der Waals surface area contributed by atoms with Gasteiger partial charge in [0.2, 0.25) is 0 Å². The number of esters is 2. The number of allylic oxidation sites excluding steroid dienone is 2. The Morgan fingerprint density at radius 2 is 0.654 bits per heavy atom. The molecule has 0 heterocycles. The number of hydrogen-bond donors (Lipinski definition) is 0. The fourth-order valence-electron chi connectivity index (χ4n) is 10.5. The molecule has 9 nitrogen and oxygen atoms in total. The smallest absolute Gasteiger partial charge is 0.306 e. The van der Waals surface area contributed by atoms with Crippen LogP contribution in [0.3, 0.4) is 0 Å². The number of quaternary nitrogens is 1. The minimum Gasteiger partial charge on any atom is -0.756 e. The highest BCUT2D eigenvalue weighted by molar-refractivity contribution is 7.45. The Kier molecular flexibility index (Phi) is 59.4. The van der Waals surface area contributed by atoms with Crippen LogP contribution in [0.5, 0.6) is 0 Å². The van der Waals surface area contributed by atoms with Gasteiger partial charge in [0, 0.05) is 12.8 Å². The SMILES string of the molecule is CCCCCC/C=C\CCCCCCCC(=O)OC(COC(=O)CCCCCCCCCCCCCCCCCCCCCCCCCCCCCCCCCCCCCCCCCCC)COP(=O)([O-])OCC[N+](C)(C)C. The molecule has 0 radical (unpaired) electrons. The second kappa shape index (κ2) is 60.3. The molecule has 0 saturated carbocycles. The molecule has 2 unspecified atom stereocenters. The van der Waals surface area contributed by atoms with Gasteiger partial charge in [-0.1, -0.05) is 321 Å². The van der Waals surface area contributed by atoms with Crippen molar-refractivity contribution in [2.24, 2.45) is 0 Å². The van der Waals surface area contributed by atoms with Crippen molar-refractivity contribution < 1.29 is 42.1 Å². The summed E-state index contributed by atoms with van der Waals surface area (Å²) in [5.41, 5.74) is 0. The lowest BCUT2D eigenvalue weighted by atomic mass is 10.0. The summed E-state index contributed by atoms with van der Waals surface area (Å²) in [6, 6.07) is 0. The number of phosphoric acid groups is 1. The molecule has 2 atom stereocenters. The lowest BCUT2D eigenvalue weighted by Crippen LogP contribution is -2.37. The predicted molar refractivity (Wildman–Crippen MR) is 333 cm³/mol. The minimum absolute atomic E-state index is 0.0289.